The van der Waals surface area contributed by atoms with Crippen LogP contribution >= 0.6 is 0 Å². The molecule has 3 heteroatoms. The molecule has 0 aliphatic carbocycles. The van der Waals surface area contributed by atoms with Crippen molar-refractivity contribution in [1.82, 2.24) is 4.90 Å². The average molecular weight is 226 g/mol. The van der Waals surface area contributed by atoms with Crippen molar-refractivity contribution in [3.63, 3.8) is 0 Å². The molecule has 3 nitrogen and oxygen atoms in total. The van der Waals surface area contributed by atoms with Crippen LogP contribution in [-0.2, 0) is 4.79 Å². The summed E-state index contributed by atoms with van der Waals surface area (Å²) in [5, 5.41) is 0. The monoisotopic (exact) mass is 226 g/mol. The zero-order valence-electron chi connectivity index (χ0n) is 11.1. The minimum atomic E-state index is 0.115. The van der Waals surface area contributed by atoms with Gasteiger partial charge in [0.05, 0.1) is 0 Å². The van der Waals surface area contributed by atoms with Gasteiger partial charge in [-0.1, -0.05) is 27.7 Å². The van der Waals surface area contributed by atoms with Gasteiger partial charge in [0.1, 0.15) is 0 Å². The Bertz CT molecular complexity index is 248. The fourth-order valence-corrected chi connectivity index (χ4v) is 1.98. The molecule has 1 saturated heterocycles. The zero-order valence-corrected chi connectivity index (χ0v) is 11.1. The highest BCUT2D eigenvalue weighted by molar-refractivity contribution is 5.76. The molecule has 1 unspecified atom stereocenters. The molecule has 0 aromatic carbocycles. The normalized spacial score (nSPS) is 24.9. The summed E-state index contributed by atoms with van der Waals surface area (Å²) in [4.78, 5) is 13.9. The number of amides is 1. The first-order valence-electron chi connectivity index (χ1n) is 6.36. The van der Waals surface area contributed by atoms with Gasteiger partial charge >= 0.3 is 0 Å². The van der Waals surface area contributed by atoms with Crippen molar-refractivity contribution in [1.29, 1.82) is 0 Å². The second kappa shape index (κ2) is 5.17. The molecule has 1 amide bonds. The summed E-state index contributed by atoms with van der Waals surface area (Å²) in [6.07, 6.45) is 2.67. The van der Waals surface area contributed by atoms with Crippen LogP contribution in [-0.4, -0.2) is 29.9 Å². The molecule has 1 fully saturated rings. The first-order valence-corrected chi connectivity index (χ1v) is 6.36. The lowest BCUT2D eigenvalue weighted by atomic mass is 9.78. The third kappa shape index (κ3) is 3.48. The van der Waals surface area contributed by atoms with Crippen molar-refractivity contribution in [2.45, 2.75) is 53.0 Å². The molecule has 1 atom stereocenters. The lowest BCUT2D eigenvalue weighted by Gasteiger charge is -2.42. The molecule has 1 rings (SSSR count). The Morgan fingerprint density at radius 2 is 2.12 bits per heavy atom. The van der Waals surface area contributed by atoms with Crippen molar-refractivity contribution in [3.05, 3.63) is 0 Å². The number of rotatable bonds is 3. The highest BCUT2D eigenvalue weighted by atomic mass is 16.2. The maximum Gasteiger partial charge on any atom is 0.222 e. The summed E-state index contributed by atoms with van der Waals surface area (Å²) in [5.74, 6) is 0.874. The van der Waals surface area contributed by atoms with E-state index in [-0.39, 0.29) is 17.4 Å². The van der Waals surface area contributed by atoms with E-state index < -0.39 is 0 Å². The van der Waals surface area contributed by atoms with Crippen molar-refractivity contribution in [2.24, 2.45) is 17.1 Å². The minimum Gasteiger partial charge on any atom is -0.341 e. The SMILES string of the molecule is CC(C)CCC(=O)N1CCC(C)(C)C(N)C1. The molecule has 1 aliphatic heterocycles. The van der Waals surface area contributed by atoms with Crippen LogP contribution < -0.4 is 5.73 Å². The Morgan fingerprint density at radius 3 is 2.62 bits per heavy atom. The van der Waals surface area contributed by atoms with Crippen LogP contribution in [0.25, 0.3) is 0 Å². The van der Waals surface area contributed by atoms with E-state index in [0.29, 0.717) is 12.3 Å². The number of likely N-dealkylation sites (tertiary alicyclic amines) is 1. The van der Waals surface area contributed by atoms with Crippen LogP contribution in [0.3, 0.4) is 0 Å². The average Bonchev–Trinajstić information content (AvgIpc) is 2.18. The molecule has 0 bridgehead atoms. The molecular formula is C13H26N2O. The van der Waals surface area contributed by atoms with Crippen LogP contribution in [0.2, 0.25) is 0 Å². The summed E-state index contributed by atoms with van der Waals surface area (Å²) in [7, 11) is 0. The molecule has 2 N–H and O–H groups in total. The van der Waals surface area contributed by atoms with Crippen molar-refractivity contribution in [2.75, 3.05) is 13.1 Å². The number of carbonyl (C=O) groups is 1. The second-order valence-electron chi connectivity index (χ2n) is 6.12. The Labute approximate surface area is 99.4 Å². The summed E-state index contributed by atoms with van der Waals surface area (Å²) in [6, 6.07) is 0.115. The third-order valence-electron chi connectivity index (χ3n) is 3.74. The molecule has 0 aromatic rings. The Balaban J connectivity index is 2.42. The third-order valence-corrected chi connectivity index (χ3v) is 3.74. The van der Waals surface area contributed by atoms with Gasteiger partial charge in [0.25, 0.3) is 0 Å². The quantitative estimate of drug-likeness (QED) is 0.800. The van der Waals surface area contributed by atoms with Crippen LogP contribution in [0.4, 0.5) is 0 Å². The summed E-state index contributed by atoms with van der Waals surface area (Å²) in [6.45, 7) is 10.3. The molecule has 94 valence electrons. The predicted molar refractivity (Wildman–Crippen MR) is 67.0 cm³/mol. The highest BCUT2D eigenvalue weighted by Gasteiger charge is 2.34. The van der Waals surface area contributed by atoms with E-state index >= 15 is 0 Å². The zero-order chi connectivity index (χ0) is 12.3. The van der Waals surface area contributed by atoms with Gasteiger partial charge in [0.2, 0.25) is 5.91 Å². The number of piperidine rings is 1. The number of nitrogens with zero attached hydrogens (tertiary/aromatic N) is 1. The molecule has 1 aliphatic rings. The van der Waals surface area contributed by atoms with E-state index in [1.807, 2.05) is 4.90 Å². The van der Waals surface area contributed by atoms with E-state index in [1.54, 1.807) is 0 Å². The molecule has 0 saturated carbocycles. The Morgan fingerprint density at radius 1 is 1.50 bits per heavy atom. The minimum absolute atomic E-state index is 0.115. The van der Waals surface area contributed by atoms with Gasteiger partial charge in [-0.15, -0.1) is 0 Å². The molecule has 0 spiro atoms. The van der Waals surface area contributed by atoms with Crippen molar-refractivity contribution in [3.8, 4) is 0 Å². The van der Waals surface area contributed by atoms with Gasteiger partial charge in [-0.25, -0.2) is 0 Å². The Kier molecular flexibility index (Phi) is 4.36. The standard InChI is InChI=1S/C13H26N2O/c1-10(2)5-6-12(16)15-8-7-13(3,4)11(14)9-15/h10-11H,5-9,14H2,1-4H3. The van der Waals surface area contributed by atoms with E-state index in [9.17, 15) is 4.79 Å². The fraction of sp³-hybridized carbons (Fsp3) is 0.923. The largest absolute Gasteiger partial charge is 0.341 e. The molecule has 16 heavy (non-hydrogen) atoms. The Hall–Kier alpha value is -0.570. The maximum atomic E-state index is 11.9. The topological polar surface area (TPSA) is 46.3 Å². The lowest BCUT2D eigenvalue weighted by Crippen LogP contribution is -2.54. The molecule has 0 radical (unpaired) electrons. The first-order chi connectivity index (χ1) is 7.33. The maximum absolute atomic E-state index is 11.9. The molecular weight excluding hydrogens is 200 g/mol. The predicted octanol–water partition coefficient (Wildman–Crippen LogP) is 2.01. The second-order valence-corrected chi connectivity index (χ2v) is 6.12. The van der Waals surface area contributed by atoms with Gasteiger partial charge < -0.3 is 10.6 Å². The molecule has 0 aromatic heterocycles. The van der Waals surface area contributed by atoms with Crippen LogP contribution in [0.5, 0.6) is 0 Å². The van der Waals surface area contributed by atoms with E-state index in [1.165, 1.54) is 0 Å². The van der Waals surface area contributed by atoms with Gasteiger partial charge in [-0.3, -0.25) is 4.79 Å². The van der Waals surface area contributed by atoms with Gasteiger partial charge in [-0.05, 0) is 24.2 Å². The summed E-state index contributed by atoms with van der Waals surface area (Å²) < 4.78 is 0. The number of hydrogen-bond donors (Lipinski definition) is 1. The number of hydrogen-bond acceptors (Lipinski definition) is 2. The number of carbonyl (C=O) groups excluding carboxylic acids is 1. The first kappa shape index (κ1) is 13.5. The van der Waals surface area contributed by atoms with Gasteiger partial charge in [-0.2, -0.15) is 0 Å². The van der Waals surface area contributed by atoms with Crippen LogP contribution in [0.1, 0.15) is 47.0 Å². The molecule has 1 heterocycles. The fourth-order valence-electron chi connectivity index (χ4n) is 1.98. The summed E-state index contributed by atoms with van der Waals surface area (Å²) >= 11 is 0. The highest BCUT2D eigenvalue weighted by Crippen LogP contribution is 2.29. The number of nitrogens with two attached hydrogens (primary N) is 1. The van der Waals surface area contributed by atoms with Crippen LogP contribution in [0.15, 0.2) is 0 Å². The van der Waals surface area contributed by atoms with Crippen LogP contribution in [0, 0.1) is 11.3 Å². The van der Waals surface area contributed by atoms with Gasteiger partial charge in [0, 0.05) is 25.6 Å². The lowest BCUT2D eigenvalue weighted by molar-refractivity contribution is -0.134. The smallest absolute Gasteiger partial charge is 0.222 e. The van der Waals surface area contributed by atoms with Crippen molar-refractivity contribution < 1.29 is 4.79 Å². The van der Waals surface area contributed by atoms with E-state index in [4.69, 9.17) is 5.73 Å². The van der Waals surface area contributed by atoms with Crippen molar-refractivity contribution >= 4 is 5.91 Å². The van der Waals surface area contributed by atoms with Gasteiger partial charge in [0.15, 0.2) is 0 Å². The summed E-state index contributed by atoms with van der Waals surface area (Å²) in [5.41, 5.74) is 6.28. The van der Waals surface area contributed by atoms with E-state index in [2.05, 4.69) is 27.7 Å². The van der Waals surface area contributed by atoms with E-state index in [0.717, 1.165) is 25.9 Å².